The summed E-state index contributed by atoms with van der Waals surface area (Å²) >= 11 is 0. The summed E-state index contributed by atoms with van der Waals surface area (Å²) in [5, 5.41) is 18.0. The van der Waals surface area contributed by atoms with Crippen LogP contribution in [-0.4, -0.2) is 28.6 Å². The molecule has 14 heavy (non-hydrogen) atoms. The van der Waals surface area contributed by atoms with Gasteiger partial charge in [0, 0.05) is 12.0 Å². The Morgan fingerprint density at radius 2 is 2.07 bits per heavy atom. The maximum Gasteiger partial charge on any atom is 0.335 e. The minimum Gasteiger partial charge on any atom is -0.433 e. The smallest absolute Gasteiger partial charge is 0.335 e. The predicted octanol–water partition coefficient (Wildman–Crippen LogP) is 0.975. The second-order valence-corrected chi connectivity index (χ2v) is 3.24. The summed E-state index contributed by atoms with van der Waals surface area (Å²) in [5.74, 6) is -0.542. The van der Waals surface area contributed by atoms with Crippen LogP contribution in [-0.2, 0) is 9.53 Å². The topological polar surface area (TPSA) is 66.8 Å². The van der Waals surface area contributed by atoms with Crippen LogP contribution in [0.4, 0.5) is 0 Å². The van der Waals surface area contributed by atoms with Crippen LogP contribution in [0.3, 0.4) is 0 Å². The molecule has 0 rings (SSSR count). The first-order chi connectivity index (χ1) is 6.47. The van der Waals surface area contributed by atoms with E-state index in [9.17, 15) is 4.79 Å². The first-order valence-corrected chi connectivity index (χ1v) is 4.71. The maximum atomic E-state index is 11.2. The van der Waals surface area contributed by atoms with Crippen molar-refractivity contribution in [1.82, 2.24) is 0 Å². The third-order valence-corrected chi connectivity index (χ3v) is 1.68. The van der Waals surface area contributed by atoms with Gasteiger partial charge in [0.15, 0.2) is 0 Å². The molecule has 2 unspecified atom stereocenters. The lowest BCUT2D eigenvalue weighted by Crippen LogP contribution is -2.17. The number of aliphatic hydroxyl groups is 2. The SMILES string of the molecule is CCC(O)OC(=O)/C(C)=C/CC(C)O. The van der Waals surface area contributed by atoms with Gasteiger partial charge in [0.2, 0.25) is 6.29 Å². The molecule has 0 fully saturated rings. The first kappa shape index (κ1) is 13.1. The molecule has 4 nitrogen and oxygen atoms in total. The third-order valence-electron chi connectivity index (χ3n) is 1.68. The Balaban J connectivity index is 4.04. The summed E-state index contributed by atoms with van der Waals surface area (Å²) in [6, 6.07) is 0. The molecule has 82 valence electrons. The minimum absolute atomic E-state index is 0.370. The van der Waals surface area contributed by atoms with Crippen LogP contribution >= 0.6 is 0 Å². The number of rotatable bonds is 5. The molecule has 0 aromatic heterocycles. The molecule has 0 bridgehead atoms. The van der Waals surface area contributed by atoms with E-state index in [0.29, 0.717) is 18.4 Å². The van der Waals surface area contributed by atoms with Crippen molar-refractivity contribution < 1.29 is 19.7 Å². The standard InChI is InChI=1S/C10H18O4/c1-4-9(12)14-10(13)7(2)5-6-8(3)11/h5,8-9,11-12H,4,6H2,1-3H3/b7-5+. The number of esters is 1. The van der Waals surface area contributed by atoms with Gasteiger partial charge in [0.05, 0.1) is 6.10 Å². The fourth-order valence-electron chi connectivity index (χ4n) is 0.731. The predicted molar refractivity (Wildman–Crippen MR) is 52.4 cm³/mol. The van der Waals surface area contributed by atoms with Crippen LogP contribution in [0.25, 0.3) is 0 Å². The fraction of sp³-hybridized carbons (Fsp3) is 0.700. The zero-order valence-electron chi connectivity index (χ0n) is 8.86. The summed E-state index contributed by atoms with van der Waals surface area (Å²) in [6.45, 7) is 4.94. The van der Waals surface area contributed by atoms with Crippen LogP contribution in [0.15, 0.2) is 11.6 Å². The van der Waals surface area contributed by atoms with Crippen molar-refractivity contribution in [2.24, 2.45) is 0 Å². The van der Waals surface area contributed by atoms with E-state index in [-0.39, 0.29) is 0 Å². The fourth-order valence-corrected chi connectivity index (χ4v) is 0.731. The number of hydrogen-bond acceptors (Lipinski definition) is 4. The largest absolute Gasteiger partial charge is 0.433 e. The molecule has 0 aromatic rings. The van der Waals surface area contributed by atoms with Crippen LogP contribution in [0.1, 0.15) is 33.6 Å². The molecular weight excluding hydrogens is 184 g/mol. The van der Waals surface area contributed by atoms with Gasteiger partial charge >= 0.3 is 5.97 Å². The van der Waals surface area contributed by atoms with Gasteiger partial charge < -0.3 is 14.9 Å². The highest BCUT2D eigenvalue weighted by Crippen LogP contribution is 2.04. The van der Waals surface area contributed by atoms with E-state index in [0.717, 1.165) is 0 Å². The van der Waals surface area contributed by atoms with Crippen molar-refractivity contribution in [1.29, 1.82) is 0 Å². The van der Waals surface area contributed by atoms with Crippen molar-refractivity contribution in [3.63, 3.8) is 0 Å². The molecule has 0 heterocycles. The Morgan fingerprint density at radius 1 is 1.50 bits per heavy atom. The van der Waals surface area contributed by atoms with E-state index in [1.165, 1.54) is 0 Å². The molecule has 2 N–H and O–H groups in total. The second-order valence-electron chi connectivity index (χ2n) is 3.24. The van der Waals surface area contributed by atoms with Crippen LogP contribution < -0.4 is 0 Å². The molecular formula is C10H18O4. The van der Waals surface area contributed by atoms with Gasteiger partial charge in [-0.3, -0.25) is 0 Å². The monoisotopic (exact) mass is 202 g/mol. The van der Waals surface area contributed by atoms with Crippen LogP contribution in [0.2, 0.25) is 0 Å². The Labute approximate surface area is 84.2 Å². The first-order valence-electron chi connectivity index (χ1n) is 4.71. The van der Waals surface area contributed by atoms with E-state index >= 15 is 0 Å². The van der Waals surface area contributed by atoms with E-state index < -0.39 is 18.4 Å². The van der Waals surface area contributed by atoms with Gasteiger partial charge in [-0.1, -0.05) is 13.0 Å². The van der Waals surface area contributed by atoms with Crippen molar-refractivity contribution in [3.05, 3.63) is 11.6 Å². The Bertz CT molecular complexity index is 208. The van der Waals surface area contributed by atoms with E-state index in [2.05, 4.69) is 4.74 Å². The molecule has 0 aliphatic carbocycles. The zero-order chi connectivity index (χ0) is 11.1. The molecule has 0 radical (unpaired) electrons. The quantitative estimate of drug-likeness (QED) is 0.396. The molecule has 0 spiro atoms. The Morgan fingerprint density at radius 3 is 2.50 bits per heavy atom. The molecule has 4 heteroatoms. The number of hydrogen-bond donors (Lipinski definition) is 2. The minimum atomic E-state index is -1.04. The van der Waals surface area contributed by atoms with E-state index in [4.69, 9.17) is 10.2 Å². The Kier molecular flexibility index (Phi) is 6.16. The van der Waals surface area contributed by atoms with Crippen molar-refractivity contribution in [2.75, 3.05) is 0 Å². The molecule has 0 saturated carbocycles. The summed E-state index contributed by atoms with van der Waals surface area (Å²) < 4.78 is 4.66. The number of carbonyl (C=O) groups is 1. The van der Waals surface area contributed by atoms with Crippen molar-refractivity contribution in [2.45, 2.75) is 46.0 Å². The van der Waals surface area contributed by atoms with E-state index in [1.807, 2.05) is 0 Å². The van der Waals surface area contributed by atoms with Gasteiger partial charge in [0.1, 0.15) is 0 Å². The van der Waals surface area contributed by atoms with Gasteiger partial charge in [-0.25, -0.2) is 4.79 Å². The summed E-state index contributed by atoms with van der Waals surface area (Å²) in [7, 11) is 0. The zero-order valence-corrected chi connectivity index (χ0v) is 8.86. The molecule has 0 saturated heterocycles. The summed E-state index contributed by atoms with van der Waals surface area (Å²) in [6.07, 6.45) is 0.847. The van der Waals surface area contributed by atoms with Crippen molar-refractivity contribution >= 4 is 5.97 Å². The average molecular weight is 202 g/mol. The number of ether oxygens (including phenoxy) is 1. The third kappa shape index (κ3) is 5.72. The highest BCUT2D eigenvalue weighted by molar-refractivity contribution is 5.87. The maximum absolute atomic E-state index is 11.2. The lowest BCUT2D eigenvalue weighted by Gasteiger charge is -2.09. The number of aliphatic hydroxyl groups excluding tert-OH is 2. The lowest BCUT2D eigenvalue weighted by molar-refractivity contribution is -0.163. The summed E-state index contributed by atoms with van der Waals surface area (Å²) in [4.78, 5) is 11.2. The van der Waals surface area contributed by atoms with E-state index in [1.54, 1.807) is 26.8 Å². The normalized spacial score (nSPS) is 16.2. The van der Waals surface area contributed by atoms with Crippen LogP contribution in [0, 0.1) is 0 Å². The molecule has 0 aliphatic heterocycles. The highest BCUT2D eigenvalue weighted by Gasteiger charge is 2.10. The lowest BCUT2D eigenvalue weighted by atomic mass is 10.2. The van der Waals surface area contributed by atoms with Gasteiger partial charge in [-0.2, -0.15) is 0 Å². The highest BCUT2D eigenvalue weighted by atomic mass is 16.6. The van der Waals surface area contributed by atoms with Gasteiger partial charge in [0.25, 0.3) is 0 Å². The molecule has 0 amide bonds. The van der Waals surface area contributed by atoms with Crippen LogP contribution in [0.5, 0.6) is 0 Å². The number of carbonyl (C=O) groups excluding carboxylic acids is 1. The van der Waals surface area contributed by atoms with Gasteiger partial charge in [-0.15, -0.1) is 0 Å². The molecule has 0 aliphatic rings. The average Bonchev–Trinajstić information content (AvgIpc) is 2.13. The van der Waals surface area contributed by atoms with Crippen molar-refractivity contribution in [3.8, 4) is 0 Å². The molecule has 0 aromatic carbocycles. The summed E-state index contributed by atoms with van der Waals surface area (Å²) in [5.41, 5.74) is 0.401. The Hall–Kier alpha value is -0.870. The molecule has 2 atom stereocenters. The van der Waals surface area contributed by atoms with Gasteiger partial charge in [-0.05, 0) is 20.3 Å². The second kappa shape index (κ2) is 6.56.